The van der Waals surface area contributed by atoms with E-state index in [1.54, 1.807) is 30.3 Å². The Labute approximate surface area is 140 Å². The molecule has 0 saturated carbocycles. The Morgan fingerprint density at radius 1 is 1.13 bits per heavy atom. The second-order valence-corrected chi connectivity index (χ2v) is 5.65. The molecule has 0 aliphatic rings. The van der Waals surface area contributed by atoms with Crippen molar-refractivity contribution >= 4 is 27.7 Å². The molecule has 23 heavy (non-hydrogen) atoms. The minimum atomic E-state index is -0.604. The van der Waals surface area contributed by atoms with Crippen LogP contribution in [0, 0.1) is 12.7 Å². The molecule has 120 valence electrons. The largest absolute Gasteiger partial charge is 0.481 e. The fraction of sp³-hybridized carbons (Fsp3) is 0.125. The second kappa shape index (κ2) is 7.73. The van der Waals surface area contributed by atoms with Gasteiger partial charge in [-0.05, 0) is 37.3 Å². The van der Waals surface area contributed by atoms with Crippen LogP contribution in [0.1, 0.15) is 15.9 Å². The van der Waals surface area contributed by atoms with Gasteiger partial charge in [-0.2, -0.15) is 0 Å². The summed E-state index contributed by atoms with van der Waals surface area (Å²) in [7, 11) is 0. The van der Waals surface area contributed by atoms with Crippen LogP contribution in [0.4, 0.5) is 4.39 Å². The van der Waals surface area contributed by atoms with Crippen molar-refractivity contribution in [1.82, 2.24) is 10.9 Å². The van der Waals surface area contributed by atoms with Crippen molar-refractivity contribution < 1.29 is 18.7 Å². The molecular weight excluding hydrogens is 367 g/mol. The van der Waals surface area contributed by atoms with E-state index in [2.05, 4.69) is 26.8 Å². The molecule has 0 unspecified atom stereocenters. The summed E-state index contributed by atoms with van der Waals surface area (Å²) in [6.07, 6.45) is 0. The summed E-state index contributed by atoms with van der Waals surface area (Å²) < 4.78 is 19.1. The molecule has 0 aromatic heterocycles. The summed E-state index contributed by atoms with van der Waals surface area (Å²) in [5.41, 5.74) is 5.90. The predicted octanol–water partition coefficient (Wildman–Crippen LogP) is 2.74. The first-order valence-corrected chi connectivity index (χ1v) is 7.48. The monoisotopic (exact) mass is 380 g/mol. The number of hydrazine groups is 1. The number of hydrogen-bond donors (Lipinski definition) is 2. The number of aryl methyl sites for hydroxylation is 1. The molecule has 0 radical (unpaired) electrons. The van der Waals surface area contributed by atoms with Gasteiger partial charge in [0.2, 0.25) is 0 Å². The van der Waals surface area contributed by atoms with Crippen molar-refractivity contribution in [3.63, 3.8) is 0 Å². The fourth-order valence-electron chi connectivity index (χ4n) is 1.68. The fourth-order valence-corrected chi connectivity index (χ4v) is 2.01. The standard InChI is InChI=1S/C16H14BrFN2O3/c1-10-2-4-11(5-3-10)16(22)20-19-15(21)9-23-14-7-6-12(17)8-13(14)18/h2-8H,9H2,1H3,(H,19,21)(H,20,22). The molecule has 2 amide bonds. The number of hydrogen-bond acceptors (Lipinski definition) is 3. The summed E-state index contributed by atoms with van der Waals surface area (Å²) in [4.78, 5) is 23.4. The van der Waals surface area contributed by atoms with Crippen LogP contribution in [0.5, 0.6) is 5.75 Å². The molecule has 0 atom stereocenters. The summed E-state index contributed by atoms with van der Waals surface area (Å²) >= 11 is 3.12. The first kappa shape index (κ1) is 17.0. The zero-order valence-electron chi connectivity index (χ0n) is 12.2. The van der Waals surface area contributed by atoms with Crippen LogP contribution in [0.3, 0.4) is 0 Å². The molecule has 0 bridgehead atoms. The van der Waals surface area contributed by atoms with Crippen LogP contribution in [-0.2, 0) is 4.79 Å². The molecule has 0 saturated heterocycles. The highest BCUT2D eigenvalue weighted by Gasteiger charge is 2.09. The van der Waals surface area contributed by atoms with Gasteiger partial charge in [0, 0.05) is 10.0 Å². The van der Waals surface area contributed by atoms with E-state index in [9.17, 15) is 14.0 Å². The molecule has 7 heteroatoms. The van der Waals surface area contributed by atoms with Crippen molar-refractivity contribution in [2.75, 3.05) is 6.61 Å². The van der Waals surface area contributed by atoms with Gasteiger partial charge in [0.1, 0.15) is 0 Å². The molecular formula is C16H14BrFN2O3. The molecule has 5 nitrogen and oxygen atoms in total. The predicted molar refractivity (Wildman–Crippen MR) is 86.4 cm³/mol. The molecule has 0 heterocycles. The number of nitrogens with one attached hydrogen (secondary N) is 2. The van der Waals surface area contributed by atoms with Gasteiger partial charge in [0.25, 0.3) is 11.8 Å². The van der Waals surface area contributed by atoms with E-state index in [1.807, 2.05) is 6.92 Å². The van der Waals surface area contributed by atoms with Crippen molar-refractivity contribution in [1.29, 1.82) is 0 Å². The molecule has 0 spiro atoms. The first-order chi connectivity index (χ1) is 11.0. The zero-order chi connectivity index (χ0) is 16.8. The Bertz CT molecular complexity index is 720. The quantitative estimate of drug-likeness (QED) is 0.801. The number of benzene rings is 2. The lowest BCUT2D eigenvalue weighted by Gasteiger charge is -2.09. The number of carbonyl (C=O) groups excluding carboxylic acids is 2. The van der Waals surface area contributed by atoms with Gasteiger partial charge >= 0.3 is 0 Å². The summed E-state index contributed by atoms with van der Waals surface area (Å²) in [6.45, 7) is 1.48. The number of rotatable bonds is 4. The van der Waals surface area contributed by atoms with Gasteiger partial charge < -0.3 is 4.74 Å². The van der Waals surface area contributed by atoms with E-state index in [0.717, 1.165) is 5.56 Å². The molecule has 2 aromatic rings. The Morgan fingerprint density at radius 3 is 2.48 bits per heavy atom. The van der Waals surface area contributed by atoms with E-state index in [0.29, 0.717) is 10.0 Å². The normalized spacial score (nSPS) is 10.0. The SMILES string of the molecule is Cc1ccc(C(=O)NNC(=O)COc2ccc(Br)cc2F)cc1. The van der Waals surface area contributed by atoms with Crippen LogP contribution in [-0.4, -0.2) is 18.4 Å². The van der Waals surface area contributed by atoms with E-state index in [1.165, 1.54) is 12.1 Å². The highest BCUT2D eigenvalue weighted by atomic mass is 79.9. The van der Waals surface area contributed by atoms with Crippen LogP contribution in [0.2, 0.25) is 0 Å². The van der Waals surface area contributed by atoms with E-state index in [4.69, 9.17) is 4.74 Å². The van der Waals surface area contributed by atoms with Crippen molar-refractivity contribution in [2.45, 2.75) is 6.92 Å². The average Bonchev–Trinajstić information content (AvgIpc) is 2.52. The van der Waals surface area contributed by atoms with Gasteiger partial charge in [-0.3, -0.25) is 20.4 Å². The number of amides is 2. The highest BCUT2D eigenvalue weighted by molar-refractivity contribution is 9.10. The minimum Gasteiger partial charge on any atom is -0.481 e. The smallest absolute Gasteiger partial charge is 0.276 e. The van der Waals surface area contributed by atoms with Crippen molar-refractivity contribution in [3.05, 3.63) is 63.9 Å². The number of carbonyl (C=O) groups is 2. The van der Waals surface area contributed by atoms with Gasteiger partial charge in [-0.25, -0.2) is 4.39 Å². The van der Waals surface area contributed by atoms with Gasteiger partial charge in [-0.15, -0.1) is 0 Å². The highest BCUT2D eigenvalue weighted by Crippen LogP contribution is 2.21. The Morgan fingerprint density at radius 2 is 1.83 bits per heavy atom. The van der Waals surface area contributed by atoms with Gasteiger partial charge in [0.05, 0.1) is 0 Å². The number of halogens is 2. The lowest BCUT2D eigenvalue weighted by Crippen LogP contribution is -2.43. The van der Waals surface area contributed by atoms with Gasteiger partial charge in [-0.1, -0.05) is 33.6 Å². The second-order valence-electron chi connectivity index (χ2n) is 4.73. The molecule has 2 N–H and O–H groups in total. The maximum Gasteiger partial charge on any atom is 0.276 e. The average molecular weight is 381 g/mol. The first-order valence-electron chi connectivity index (χ1n) is 6.69. The summed E-state index contributed by atoms with van der Waals surface area (Å²) in [5, 5.41) is 0. The Kier molecular flexibility index (Phi) is 5.70. The van der Waals surface area contributed by atoms with Gasteiger partial charge in [0.15, 0.2) is 18.2 Å². The number of ether oxygens (including phenoxy) is 1. The van der Waals surface area contributed by atoms with Crippen molar-refractivity contribution in [2.24, 2.45) is 0 Å². The Balaban J connectivity index is 1.81. The molecule has 0 aliphatic carbocycles. The molecule has 2 rings (SSSR count). The summed E-state index contributed by atoms with van der Waals surface area (Å²) in [5.74, 6) is -1.69. The maximum atomic E-state index is 13.5. The lowest BCUT2D eigenvalue weighted by atomic mass is 10.1. The third-order valence-corrected chi connectivity index (χ3v) is 3.38. The molecule has 2 aromatic carbocycles. The lowest BCUT2D eigenvalue weighted by molar-refractivity contribution is -0.123. The third-order valence-electron chi connectivity index (χ3n) is 2.88. The van der Waals surface area contributed by atoms with E-state index < -0.39 is 24.2 Å². The minimum absolute atomic E-state index is 0.0480. The van der Waals surface area contributed by atoms with Crippen LogP contribution in [0.25, 0.3) is 0 Å². The topological polar surface area (TPSA) is 67.4 Å². The molecule has 0 fully saturated rings. The van der Waals surface area contributed by atoms with Crippen LogP contribution >= 0.6 is 15.9 Å². The maximum absolute atomic E-state index is 13.5. The van der Waals surface area contributed by atoms with Crippen LogP contribution < -0.4 is 15.6 Å². The zero-order valence-corrected chi connectivity index (χ0v) is 13.8. The third kappa shape index (κ3) is 5.07. The van der Waals surface area contributed by atoms with E-state index in [-0.39, 0.29) is 5.75 Å². The summed E-state index contributed by atoms with van der Waals surface area (Å²) in [6, 6.07) is 11.1. The van der Waals surface area contributed by atoms with Crippen LogP contribution in [0.15, 0.2) is 46.9 Å². The van der Waals surface area contributed by atoms with Crippen molar-refractivity contribution in [3.8, 4) is 5.75 Å². The Hall–Kier alpha value is -2.41. The van der Waals surface area contributed by atoms with E-state index >= 15 is 0 Å². The molecule has 0 aliphatic heterocycles.